The number of sulfonamides is 1. The number of hydrogen-bond donors (Lipinski definition) is 0. The van der Waals surface area contributed by atoms with Crippen LogP contribution in [0.4, 0.5) is 0 Å². The van der Waals surface area contributed by atoms with Crippen LogP contribution in [-0.4, -0.2) is 49.7 Å². The van der Waals surface area contributed by atoms with E-state index < -0.39 is 10.0 Å². The minimum Gasteiger partial charge on any atom is -0.342 e. The van der Waals surface area contributed by atoms with Gasteiger partial charge in [-0.2, -0.15) is 4.31 Å². The molecule has 0 spiro atoms. The lowest BCUT2D eigenvalue weighted by Gasteiger charge is -2.43. The summed E-state index contributed by atoms with van der Waals surface area (Å²) in [6, 6.07) is 3.42. The van der Waals surface area contributed by atoms with E-state index in [1.807, 2.05) is 0 Å². The van der Waals surface area contributed by atoms with Crippen LogP contribution in [0.25, 0.3) is 0 Å². The highest BCUT2D eigenvalue weighted by molar-refractivity contribution is 7.91. The van der Waals surface area contributed by atoms with Crippen molar-refractivity contribution in [2.24, 2.45) is 17.8 Å². The molecule has 144 valence electrons. The zero-order valence-electron chi connectivity index (χ0n) is 15.2. The number of nitrogens with zero attached hydrogens (tertiary/aromatic N) is 2. The lowest BCUT2D eigenvalue weighted by Crippen LogP contribution is -2.49. The minimum atomic E-state index is -3.38. The molecule has 2 unspecified atom stereocenters. The van der Waals surface area contributed by atoms with E-state index >= 15 is 0 Å². The highest BCUT2D eigenvalue weighted by atomic mass is 32.2. The van der Waals surface area contributed by atoms with Gasteiger partial charge in [0.05, 0.1) is 0 Å². The van der Waals surface area contributed by atoms with Crippen LogP contribution in [0.15, 0.2) is 21.7 Å². The second kappa shape index (κ2) is 7.60. The smallest absolute Gasteiger partial charge is 0.252 e. The molecule has 3 heterocycles. The molecule has 2 atom stereocenters. The Balaban J connectivity index is 1.34. The van der Waals surface area contributed by atoms with Gasteiger partial charge < -0.3 is 4.90 Å². The largest absolute Gasteiger partial charge is 0.342 e. The van der Waals surface area contributed by atoms with Gasteiger partial charge in [-0.25, -0.2) is 8.42 Å². The first kappa shape index (κ1) is 18.4. The standard InChI is InChI=1S/C19H28N2O3S2/c22-19(20-10-7-15-4-1-2-5-17(15)14-20)16-8-11-21(12-9-16)26(23,24)18-6-3-13-25-18/h3,6,13,15-17H,1-2,4-5,7-12,14H2. The van der Waals surface area contributed by atoms with E-state index in [1.54, 1.807) is 21.8 Å². The molecule has 0 aromatic carbocycles. The predicted octanol–water partition coefficient (Wildman–Crippen LogP) is 3.19. The fourth-order valence-electron chi connectivity index (χ4n) is 4.94. The van der Waals surface area contributed by atoms with Crippen LogP contribution in [0.5, 0.6) is 0 Å². The molecular formula is C19H28N2O3S2. The summed E-state index contributed by atoms with van der Waals surface area (Å²) in [6.07, 6.45) is 7.72. The molecule has 4 rings (SSSR count). The molecule has 1 amide bonds. The molecule has 2 aliphatic heterocycles. The maximum Gasteiger partial charge on any atom is 0.252 e. The van der Waals surface area contributed by atoms with Gasteiger partial charge in [-0.15, -0.1) is 11.3 Å². The summed E-state index contributed by atoms with van der Waals surface area (Å²) in [4.78, 5) is 15.1. The number of hydrogen-bond acceptors (Lipinski definition) is 4. The third kappa shape index (κ3) is 3.58. The molecule has 1 aliphatic carbocycles. The van der Waals surface area contributed by atoms with Gasteiger partial charge in [0.15, 0.2) is 0 Å². The zero-order valence-corrected chi connectivity index (χ0v) is 16.8. The molecule has 3 fully saturated rings. The van der Waals surface area contributed by atoms with Crippen LogP contribution in [0, 0.1) is 17.8 Å². The number of likely N-dealkylation sites (tertiary alicyclic amines) is 1. The Morgan fingerprint density at radius 2 is 1.73 bits per heavy atom. The van der Waals surface area contributed by atoms with E-state index in [0.717, 1.165) is 25.4 Å². The number of carbonyl (C=O) groups is 1. The predicted molar refractivity (Wildman–Crippen MR) is 102 cm³/mol. The van der Waals surface area contributed by atoms with E-state index in [1.165, 1.54) is 37.0 Å². The van der Waals surface area contributed by atoms with Crippen LogP contribution in [0.2, 0.25) is 0 Å². The lowest BCUT2D eigenvalue weighted by molar-refractivity contribution is -0.139. The lowest BCUT2D eigenvalue weighted by atomic mass is 9.75. The summed E-state index contributed by atoms with van der Waals surface area (Å²) >= 11 is 1.26. The van der Waals surface area contributed by atoms with Gasteiger partial charge in [-0.1, -0.05) is 25.3 Å². The first-order valence-corrected chi connectivity index (χ1v) is 12.2. The van der Waals surface area contributed by atoms with Gasteiger partial charge in [-0.3, -0.25) is 4.79 Å². The summed E-state index contributed by atoms with van der Waals surface area (Å²) in [7, 11) is -3.38. The normalized spacial score (nSPS) is 28.7. The number of thiophene rings is 1. The van der Waals surface area contributed by atoms with Gasteiger partial charge in [-0.05, 0) is 49.0 Å². The Morgan fingerprint density at radius 3 is 2.42 bits per heavy atom. The van der Waals surface area contributed by atoms with Crippen molar-refractivity contribution in [2.75, 3.05) is 26.2 Å². The SMILES string of the molecule is O=C(C1CCN(S(=O)(=O)c2cccs2)CC1)N1CCC2CCCCC2C1. The van der Waals surface area contributed by atoms with Gasteiger partial charge in [0.1, 0.15) is 4.21 Å². The van der Waals surface area contributed by atoms with Gasteiger partial charge in [0.25, 0.3) is 10.0 Å². The van der Waals surface area contributed by atoms with Crippen LogP contribution in [-0.2, 0) is 14.8 Å². The number of amides is 1. The molecule has 1 aromatic heterocycles. The summed E-state index contributed by atoms with van der Waals surface area (Å²) in [5.74, 6) is 1.78. The number of carbonyl (C=O) groups excluding carboxylic acids is 1. The molecule has 0 N–H and O–H groups in total. The molecule has 26 heavy (non-hydrogen) atoms. The van der Waals surface area contributed by atoms with Crippen molar-refractivity contribution in [1.82, 2.24) is 9.21 Å². The van der Waals surface area contributed by atoms with Crippen LogP contribution >= 0.6 is 11.3 Å². The molecule has 1 saturated carbocycles. The second-order valence-corrected chi connectivity index (χ2v) is 11.1. The Bertz CT molecular complexity index is 724. The maximum absolute atomic E-state index is 13.0. The summed E-state index contributed by atoms with van der Waals surface area (Å²) in [5, 5.41) is 1.79. The third-order valence-electron chi connectivity index (χ3n) is 6.50. The Hall–Kier alpha value is -0.920. The highest BCUT2D eigenvalue weighted by Gasteiger charge is 2.37. The highest BCUT2D eigenvalue weighted by Crippen LogP contribution is 2.37. The van der Waals surface area contributed by atoms with Crippen LogP contribution in [0.3, 0.4) is 0 Å². The van der Waals surface area contributed by atoms with E-state index in [4.69, 9.17) is 0 Å². The van der Waals surface area contributed by atoms with Gasteiger partial charge in [0, 0.05) is 32.1 Å². The van der Waals surface area contributed by atoms with Crippen molar-refractivity contribution in [1.29, 1.82) is 0 Å². The molecule has 1 aromatic rings. The molecule has 5 nitrogen and oxygen atoms in total. The van der Waals surface area contributed by atoms with Gasteiger partial charge >= 0.3 is 0 Å². The van der Waals surface area contributed by atoms with Gasteiger partial charge in [0.2, 0.25) is 5.91 Å². The monoisotopic (exact) mass is 396 g/mol. The number of fused-ring (bicyclic) bond motifs is 1. The van der Waals surface area contributed by atoms with Crippen molar-refractivity contribution in [3.05, 3.63) is 17.5 Å². The average Bonchev–Trinajstić information content (AvgIpc) is 3.23. The van der Waals surface area contributed by atoms with Crippen molar-refractivity contribution in [3.8, 4) is 0 Å². The maximum atomic E-state index is 13.0. The fourth-order valence-corrected chi connectivity index (χ4v) is 7.55. The van der Waals surface area contributed by atoms with E-state index in [-0.39, 0.29) is 11.8 Å². The molecule has 2 saturated heterocycles. The van der Waals surface area contributed by atoms with E-state index in [2.05, 4.69) is 4.90 Å². The van der Waals surface area contributed by atoms with E-state index in [0.29, 0.717) is 36.1 Å². The summed E-state index contributed by atoms with van der Waals surface area (Å²) in [5.41, 5.74) is 0. The Morgan fingerprint density at radius 1 is 1.00 bits per heavy atom. The van der Waals surface area contributed by atoms with Crippen molar-refractivity contribution in [2.45, 2.75) is 49.2 Å². The van der Waals surface area contributed by atoms with Crippen molar-refractivity contribution >= 4 is 27.3 Å². The molecular weight excluding hydrogens is 368 g/mol. The second-order valence-electron chi connectivity index (χ2n) is 7.99. The molecule has 0 radical (unpaired) electrons. The quantitative estimate of drug-likeness (QED) is 0.788. The molecule has 3 aliphatic rings. The fraction of sp³-hybridized carbons (Fsp3) is 0.737. The first-order chi connectivity index (χ1) is 12.6. The Labute approximate surface area is 160 Å². The third-order valence-corrected chi connectivity index (χ3v) is 9.77. The average molecular weight is 397 g/mol. The summed E-state index contributed by atoms with van der Waals surface area (Å²) < 4.78 is 27.2. The molecule has 0 bridgehead atoms. The van der Waals surface area contributed by atoms with Crippen molar-refractivity contribution < 1.29 is 13.2 Å². The number of rotatable bonds is 3. The molecule has 7 heteroatoms. The summed E-state index contributed by atoms with van der Waals surface area (Å²) in [6.45, 7) is 2.73. The topological polar surface area (TPSA) is 57.7 Å². The minimum absolute atomic E-state index is 0.00933. The van der Waals surface area contributed by atoms with Crippen LogP contribution in [0.1, 0.15) is 44.9 Å². The van der Waals surface area contributed by atoms with Crippen LogP contribution < -0.4 is 0 Å². The van der Waals surface area contributed by atoms with E-state index in [9.17, 15) is 13.2 Å². The Kier molecular flexibility index (Phi) is 5.39. The number of piperidine rings is 2. The zero-order chi connectivity index (χ0) is 18.1. The van der Waals surface area contributed by atoms with Crippen molar-refractivity contribution in [3.63, 3.8) is 0 Å². The first-order valence-electron chi connectivity index (χ1n) is 9.88.